The lowest BCUT2D eigenvalue weighted by atomic mass is 9.90. The predicted molar refractivity (Wildman–Crippen MR) is 113 cm³/mol. The van der Waals surface area contributed by atoms with Crippen LogP contribution in [-0.4, -0.2) is 40.8 Å². The Hall–Kier alpha value is -2.18. The van der Waals surface area contributed by atoms with Crippen LogP contribution in [0.1, 0.15) is 48.8 Å². The third-order valence-electron chi connectivity index (χ3n) is 5.55. The number of fused-ring (bicyclic) bond motifs is 2. The number of rotatable bonds is 7. The van der Waals surface area contributed by atoms with Crippen molar-refractivity contribution in [2.24, 2.45) is 5.73 Å². The van der Waals surface area contributed by atoms with Gasteiger partial charge in [-0.1, -0.05) is 17.6 Å². The maximum atomic E-state index is 5.74. The summed E-state index contributed by atoms with van der Waals surface area (Å²) in [5.41, 5.74) is 11.8. The van der Waals surface area contributed by atoms with E-state index in [2.05, 4.69) is 48.1 Å². The van der Waals surface area contributed by atoms with Crippen LogP contribution in [0, 0.1) is 0 Å². The molecule has 0 aliphatic heterocycles. The minimum absolute atomic E-state index is 0.364. The molecule has 1 aliphatic carbocycles. The van der Waals surface area contributed by atoms with E-state index >= 15 is 0 Å². The van der Waals surface area contributed by atoms with Gasteiger partial charge in [-0.15, -0.1) is 0 Å². The number of pyridine rings is 1. The van der Waals surface area contributed by atoms with Gasteiger partial charge in [-0.05, 0) is 69.0 Å². The summed E-state index contributed by atoms with van der Waals surface area (Å²) in [4.78, 5) is 15.7. The van der Waals surface area contributed by atoms with Gasteiger partial charge >= 0.3 is 0 Å². The molecule has 27 heavy (non-hydrogen) atoms. The molecule has 0 saturated heterocycles. The molecule has 0 bridgehead atoms. The van der Waals surface area contributed by atoms with Crippen molar-refractivity contribution in [3.05, 3.63) is 53.6 Å². The Balaban J connectivity index is 1.60. The fourth-order valence-corrected chi connectivity index (χ4v) is 4.18. The number of hydrogen-bond acceptors (Lipinski definition) is 4. The first kappa shape index (κ1) is 18.2. The molecular weight excluding hydrogens is 333 g/mol. The monoisotopic (exact) mass is 361 g/mol. The van der Waals surface area contributed by atoms with Crippen LogP contribution in [0.4, 0.5) is 0 Å². The van der Waals surface area contributed by atoms with Gasteiger partial charge in [0.15, 0.2) is 0 Å². The van der Waals surface area contributed by atoms with Gasteiger partial charge in [-0.25, -0.2) is 4.98 Å². The van der Waals surface area contributed by atoms with E-state index in [1.807, 2.05) is 6.20 Å². The molecule has 1 atom stereocenters. The van der Waals surface area contributed by atoms with Crippen LogP contribution in [0.5, 0.6) is 0 Å². The summed E-state index contributed by atoms with van der Waals surface area (Å²) in [6.45, 7) is 2.59. The smallest absolute Gasteiger partial charge is 0.139 e. The fourth-order valence-electron chi connectivity index (χ4n) is 4.18. The molecule has 0 unspecified atom stereocenters. The van der Waals surface area contributed by atoms with Crippen LogP contribution in [0.2, 0.25) is 0 Å². The topological polar surface area (TPSA) is 70.8 Å². The maximum Gasteiger partial charge on any atom is 0.139 e. The molecule has 1 aliphatic rings. The first-order chi connectivity index (χ1) is 13.2. The van der Waals surface area contributed by atoms with E-state index in [1.54, 1.807) is 0 Å². The van der Waals surface area contributed by atoms with Crippen molar-refractivity contribution in [3.63, 3.8) is 0 Å². The summed E-state index contributed by atoms with van der Waals surface area (Å²) in [6.07, 6.45) is 7.60. The van der Waals surface area contributed by atoms with E-state index in [0.29, 0.717) is 6.04 Å². The maximum absolute atomic E-state index is 5.74. The van der Waals surface area contributed by atoms with E-state index in [9.17, 15) is 0 Å². The molecule has 140 valence electrons. The number of benzene rings is 1. The summed E-state index contributed by atoms with van der Waals surface area (Å²) in [6, 6.07) is 11.0. The molecule has 6 heteroatoms. The molecule has 4 rings (SSSR count). The van der Waals surface area contributed by atoms with Gasteiger partial charge in [-0.2, -0.15) is 0 Å². The van der Waals surface area contributed by atoms with Gasteiger partial charge in [0.05, 0.1) is 29.3 Å². The number of aromatic amines is 1. The molecule has 0 saturated carbocycles. The minimum atomic E-state index is 0.364. The molecule has 1 aromatic carbocycles. The second-order valence-corrected chi connectivity index (χ2v) is 7.63. The average molecular weight is 361 g/mol. The second-order valence-electron chi connectivity index (χ2n) is 7.63. The van der Waals surface area contributed by atoms with E-state index in [0.717, 1.165) is 62.2 Å². The normalized spacial score (nSPS) is 16.7. The molecular formula is C21H28BN5. The van der Waals surface area contributed by atoms with Gasteiger partial charge < -0.3 is 10.7 Å². The molecule has 3 aromatic rings. The van der Waals surface area contributed by atoms with Crippen molar-refractivity contribution in [3.8, 4) is 0 Å². The third kappa shape index (κ3) is 4.07. The fraction of sp³-hybridized carbons (Fsp3) is 0.429. The number of hydrogen-bond donors (Lipinski definition) is 2. The summed E-state index contributed by atoms with van der Waals surface area (Å²) >= 11 is 0. The van der Waals surface area contributed by atoms with Crippen molar-refractivity contribution in [2.45, 2.75) is 44.7 Å². The predicted octanol–water partition coefficient (Wildman–Crippen LogP) is 1.83. The minimum Gasteiger partial charge on any atom is -0.341 e. The van der Waals surface area contributed by atoms with Gasteiger partial charge in [0.25, 0.3) is 0 Å². The highest BCUT2D eigenvalue weighted by Crippen LogP contribution is 2.33. The number of aromatic nitrogens is 3. The number of aryl methyl sites for hydroxylation is 1. The lowest BCUT2D eigenvalue weighted by Gasteiger charge is -2.34. The van der Waals surface area contributed by atoms with Crippen molar-refractivity contribution >= 4 is 24.3 Å². The number of nitrogens with zero attached hydrogens (tertiary/aromatic N) is 3. The highest BCUT2D eigenvalue weighted by Gasteiger charge is 2.27. The molecule has 3 N–H and O–H groups in total. The van der Waals surface area contributed by atoms with E-state index in [-0.39, 0.29) is 0 Å². The summed E-state index contributed by atoms with van der Waals surface area (Å²) < 4.78 is 0. The third-order valence-corrected chi connectivity index (χ3v) is 5.55. The zero-order valence-electron chi connectivity index (χ0n) is 16.1. The van der Waals surface area contributed by atoms with E-state index < -0.39 is 0 Å². The first-order valence-corrected chi connectivity index (χ1v) is 10.1. The Morgan fingerprint density at radius 3 is 3.07 bits per heavy atom. The highest BCUT2D eigenvalue weighted by molar-refractivity contribution is 6.33. The Morgan fingerprint density at radius 1 is 1.26 bits per heavy atom. The molecule has 0 spiro atoms. The van der Waals surface area contributed by atoms with E-state index in [4.69, 9.17) is 15.7 Å². The standard InChI is InChI=1S/C21H28BN5/c22-16-8-9-17-18(13-16)26-20(25-17)14-27(12-2-1-10-23)19-7-3-5-15-6-4-11-24-21(15)19/h4,6,8-9,11,13,19H,1-3,5,7,10,12,14,22-23H2,(H,25,26)/t19-/m0/s1. The molecule has 5 nitrogen and oxygen atoms in total. The number of nitrogens with one attached hydrogen (secondary N) is 1. The summed E-state index contributed by atoms with van der Waals surface area (Å²) in [5, 5.41) is 0. The van der Waals surface area contributed by atoms with Crippen LogP contribution in [-0.2, 0) is 13.0 Å². The lowest BCUT2D eigenvalue weighted by Crippen LogP contribution is -2.33. The summed E-state index contributed by atoms with van der Waals surface area (Å²) in [5.74, 6) is 1.03. The van der Waals surface area contributed by atoms with Crippen LogP contribution in [0.15, 0.2) is 36.5 Å². The SMILES string of the molecule is Bc1ccc2[nH]c(CN(CCCCN)[C@H]3CCCc4cccnc43)nc2c1. The van der Waals surface area contributed by atoms with Gasteiger partial charge in [-0.3, -0.25) is 9.88 Å². The van der Waals surface area contributed by atoms with Crippen molar-refractivity contribution in [2.75, 3.05) is 13.1 Å². The molecule has 0 radical (unpaired) electrons. The quantitative estimate of drug-likeness (QED) is 0.498. The molecule has 0 fully saturated rings. The molecule has 2 heterocycles. The highest BCUT2D eigenvalue weighted by atomic mass is 15.2. The van der Waals surface area contributed by atoms with E-state index in [1.165, 1.54) is 23.1 Å². The Bertz CT molecular complexity index is 906. The Morgan fingerprint density at radius 2 is 2.19 bits per heavy atom. The Labute approximate surface area is 161 Å². The van der Waals surface area contributed by atoms with Crippen molar-refractivity contribution in [1.82, 2.24) is 19.9 Å². The second kappa shape index (κ2) is 8.23. The number of H-pyrrole nitrogens is 1. The van der Waals surface area contributed by atoms with Gasteiger partial charge in [0.2, 0.25) is 0 Å². The number of nitrogens with two attached hydrogens (primary N) is 1. The molecule has 0 amide bonds. The first-order valence-electron chi connectivity index (χ1n) is 10.1. The van der Waals surface area contributed by atoms with Crippen LogP contribution < -0.4 is 11.2 Å². The Kier molecular flexibility index (Phi) is 5.55. The number of unbranched alkanes of at least 4 members (excludes halogenated alkanes) is 1. The zero-order valence-corrected chi connectivity index (χ0v) is 16.1. The van der Waals surface area contributed by atoms with Crippen molar-refractivity contribution < 1.29 is 0 Å². The zero-order chi connectivity index (χ0) is 18.6. The largest absolute Gasteiger partial charge is 0.341 e. The van der Waals surface area contributed by atoms with Crippen LogP contribution in [0.25, 0.3) is 11.0 Å². The summed E-state index contributed by atoms with van der Waals surface area (Å²) in [7, 11) is 2.11. The molecule has 2 aromatic heterocycles. The van der Waals surface area contributed by atoms with Crippen LogP contribution >= 0.6 is 0 Å². The average Bonchev–Trinajstić information content (AvgIpc) is 3.08. The van der Waals surface area contributed by atoms with Crippen LogP contribution in [0.3, 0.4) is 0 Å². The van der Waals surface area contributed by atoms with Gasteiger partial charge in [0, 0.05) is 6.20 Å². The lowest BCUT2D eigenvalue weighted by molar-refractivity contribution is 0.159. The number of imidazole rings is 1. The van der Waals surface area contributed by atoms with Gasteiger partial charge in [0.1, 0.15) is 13.7 Å². The van der Waals surface area contributed by atoms with Crippen molar-refractivity contribution in [1.29, 1.82) is 0 Å².